The summed E-state index contributed by atoms with van der Waals surface area (Å²) in [5, 5.41) is 21.1. The van der Waals surface area contributed by atoms with Crippen molar-refractivity contribution >= 4 is 5.97 Å². The van der Waals surface area contributed by atoms with Gasteiger partial charge in [-0.3, -0.25) is 10.1 Å². The summed E-state index contributed by atoms with van der Waals surface area (Å²) in [6.07, 6.45) is 13.7. The van der Waals surface area contributed by atoms with Gasteiger partial charge < -0.3 is 10.2 Å². The molecular formula is C28H44F3NO3. The van der Waals surface area contributed by atoms with Gasteiger partial charge >= 0.3 is 12.1 Å². The maximum absolute atomic E-state index is 13.5. The Balaban J connectivity index is 2.24. The number of rotatable bonds is 20. The van der Waals surface area contributed by atoms with Gasteiger partial charge in [0.1, 0.15) is 17.8 Å². The predicted molar refractivity (Wildman–Crippen MR) is 136 cm³/mol. The number of unbranched alkanes of at least 4 members (excludes halogenated alkanes) is 11. The van der Waals surface area contributed by atoms with Crippen LogP contribution in [0.15, 0.2) is 36.4 Å². The zero-order valence-corrected chi connectivity index (χ0v) is 21.2. The van der Waals surface area contributed by atoms with Gasteiger partial charge in [0.05, 0.1) is 0 Å². The van der Waals surface area contributed by atoms with Crippen LogP contribution in [-0.4, -0.2) is 34.4 Å². The van der Waals surface area contributed by atoms with Crippen LogP contribution in [0.3, 0.4) is 0 Å². The minimum atomic E-state index is -4.51. The highest BCUT2D eigenvalue weighted by molar-refractivity contribution is 5.74. The lowest BCUT2D eigenvalue weighted by molar-refractivity contribution is -0.163. The first kappa shape index (κ1) is 31.0. The Morgan fingerprint density at radius 1 is 0.886 bits per heavy atom. The standard InChI is InChI=1S/C28H44F3NO3/c1-2-3-4-5-6-7-8-9-10-11-12-13-14-15-16-17-26(28(29,30)31)32-25(27(34)35)22-23-18-20-24(33)21-19-23/h7-8,18-21,25-26,32-33H,2-6,9-17,22H2,1H3,(H,34,35)/b8-7-. The van der Waals surface area contributed by atoms with Crippen LogP contribution in [0.25, 0.3) is 0 Å². The molecule has 0 spiro atoms. The lowest BCUT2D eigenvalue weighted by Crippen LogP contribution is -2.51. The van der Waals surface area contributed by atoms with E-state index in [1.807, 2.05) is 0 Å². The number of carbonyl (C=O) groups is 1. The molecule has 1 aromatic carbocycles. The van der Waals surface area contributed by atoms with Gasteiger partial charge in [0.15, 0.2) is 0 Å². The highest BCUT2D eigenvalue weighted by Crippen LogP contribution is 2.26. The van der Waals surface area contributed by atoms with E-state index in [-0.39, 0.29) is 18.6 Å². The number of hydrogen-bond acceptors (Lipinski definition) is 3. The fourth-order valence-corrected chi connectivity index (χ4v) is 4.09. The van der Waals surface area contributed by atoms with Gasteiger partial charge in [0.2, 0.25) is 0 Å². The topological polar surface area (TPSA) is 69.6 Å². The van der Waals surface area contributed by atoms with Crippen molar-refractivity contribution in [2.75, 3.05) is 0 Å². The quantitative estimate of drug-likeness (QED) is 0.126. The molecule has 3 N–H and O–H groups in total. The minimum Gasteiger partial charge on any atom is -0.508 e. The lowest BCUT2D eigenvalue weighted by atomic mass is 10.0. The summed E-state index contributed by atoms with van der Waals surface area (Å²) >= 11 is 0. The Morgan fingerprint density at radius 3 is 1.91 bits per heavy atom. The second kappa shape index (κ2) is 18.3. The van der Waals surface area contributed by atoms with E-state index >= 15 is 0 Å². The largest absolute Gasteiger partial charge is 0.508 e. The molecule has 4 nitrogen and oxygen atoms in total. The van der Waals surface area contributed by atoms with E-state index in [0.717, 1.165) is 44.9 Å². The van der Waals surface area contributed by atoms with E-state index in [0.29, 0.717) is 18.4 Å². The summed E-state index contributed by atoms with van der Waals surface area (Å²) in [6, 6.07) is 2.61. The molecule has 200 valence electrons. The normalized spacial score (nSPS) is 13.8. The fourth-order valence-electron chi connectivity index (χ4n) is 4.09. The number of carboxylic acid groups (broad SMARTS) is 1. The molecule has 0 amide bonds. The van der Waals surface area contributed by atoms with E-state index in [2.05, 4.69) is 24.4 Å². The van der Waals surface area contributed by atoms with Gasteiger partial charge in [-0.2, -0.15) is 13.2 Å². The average molecular weight is 500 g/mol. The van der Waals surface area contributed by atoms with Crippen molar-refractivity contribution in [3.8, 4) is 5.75 Å². The highest BCUT2D eigenvalue weighted by Gasteiger charge is 2.41. The molecule has 2 atom stereocenters. The Morgan fingerprint density at radius 2 is 1.40 bits per heavy atom. The first-order chi connectivity index (χ1) is 16.7. The van der Waals surface area contributed by atoms with Gasteiger partial charge in [-0.05, 0) is 56.2 Å². The molecule has 0 aliphatic heterocycles. The molecule has 0 saturated carbocycles. The van der Waals surface area contributed by atoms with Crippen molar-refractivity contribution < 1.29 is 28.2 Å². The Bertz CT molecular complexity index is 704. The number of benzene rings is 1. The number of phenolic OH excluding ortho intramolecular Hbond substituents is 1. The molecule has 1 rings (SSSR count). The van der Waals surface area contributed by atoms with Crippen molar-refractivity contribution in [3.63, 3.8) is 0 Å². The summed E-state index contributed by atoms with van der Waals surface area (Å²) < 4.78 is 40.6. The number of phenols is 1. The molecule has 35 heavy (non-hydrogen) atoms. The Kier molecular flexibility index (Phi) is 16.2. The molecule has 0 aliphatic carbocycles. The molecule has 1 aromatic rings. The van der Waals surface area contributed by atoms with Crippen LogP contribution in [0.4, 0.5) is 13.2 Å². The first-order valence-electron chi connectivity index (χ1n) is 13.2. The van der Waals surface area contributed by atoms with Crippen molar-refractivity contribution in [1.82, 2.24) is 5.32 Å². The molecule has 0 radical (unpaired) electrons. The molecule has 7 heteroatoms. The number of carboxylic acids is 1. The third-order valence-corrected chi connectivity index (χ3v) is 6.23. The Hall–Kier alpha value is -2.02. The zero-order chi connectivity index (χ0) is 25.9. The monoisotopic (exact) mass is 499 g/mol. The van der Waals surface area contributed by atoms with Gasteiger partial charge in [-0.25, -0.2) is 0 Å². The van der Waals surface area contributed by atoms with Crippen molar-refractivity contribution in [1.29, 1.82) is 0 Å². The molecule has 0 fully saturated rings. The van der Waals surface area contributed by atoms with Gasteiger partial charge in [0, 0.05) is 0 Å². The molecule has 0 aromatic heterocycles. The summed E-state index contributed by atoms with van der Waals surface area (Å²) in [6.45, 7) is 2.21. The maximum Gasteiger partial charge on any atom is 0.403 e. The number of allylic oxidation sites excluding steroid dienone is 2. The molecule has 0 saturated heterocycles. The molecule has 2 unspecified atom stereocenters. The van der Waals surface area contributed by atoms with Gasteiger partial charge in [0.25, 0.3) is 0 Å². The van der Waals surface area contributed by atoms with Crippen molar-refractivity contribution in [2.45, 2.75) is 121 Å². The zero-order valence-electron chi connectivity index (χ0n) is 21.2. The van der Waals surface area contributed by atoms with Gasteiger partial charge in [-0.15, -0.1) is 0 Å². The second-order valence-corrected chi connectivity index (χ2v) is 9.40. The lowest BCUT2D eigenvalue weighted by Gasteiger charge is -2.25. The van der Waals surface area contributed by atoms with E-state index in [1.54, 1.807) is 0 Å². The van der Waals surface area contributed by atoms with Crippen LogP contribution >= 0.6 is 0 Å². The van der Waals surface area contributed by atoms with Crippen molar-refractivity contribution in [3.05, 3.63) is 42.0 Å². The van der Waals surface area contributed by atoms with E-state index in [9.17, 15) is 28.2 Å². The predicted octanol–water partition coefficient (Wildman–Crippen LogP) is 7.95. The SMILES string of the molecule is CCCCCC/C=C\CCCCCCCCCC(NC(Cc1ccc(O)cc1)C(=O)O)C(F)(F)F. The number of halogens is 3. The second-order valence-electron chi connectivity index (χ2n) is 9.40. The van der Waals surface area contributed by atoms with Crippen LogP contribution in [0.2, 0.25) is 0 Å². The first-order valence-corrected chi connectivity index (χ1v) is 13.2. The van der Waals surface area contributed by atoms with E-state index in [1.165, 1.54) is 49.9 Å². The van der Waals surface area contributed by atoms with Crippen LogP contribution < -0.4 is 5.32 Å². The molecule has 0 bridgehead atoms. The number of aliphatic carboxylic acids is 1. The summed E-state index contributed by atoms with van der Waals surface area (Å²) in [4.78, 5) is 11.6. The maximum atomic E-state index is 13.5. The number of hydrogen-bond donors (Lipinski definition) is 3. The molecular weight excluding hydrogens is 455 g/mol. The average Bonchev–Trinajstić information content (AvgIpc) is 2.80. The van der Waals surface area contributed by atoms with E-state index in [4.69, 9.17) is 0 Å². The molecule has 0 aliphatic rings. The number of nitrogens with one attached hydrogen (secondary N) is 1. The van der Waals surface area contributed by atoms with Crippen LogP contribution in [0, 0.1) is 0 Å². The number of alkyl halides is 3. The minimum absolute atomic E-state index is 0.0201. The summed E-state index contributed by atoms with van der Waals surface area (Å²) in [7, 11) is 0. The summed E-state index contributed by atoms with van der Waals surface area (Å²) in [5.74, 6) is -1.30. The molecule has 0 heterocycles. The highest BCUT2D eigenvalue weighted by atomic mass is 19.4. The van der Waals surface area contributed by atoms with Crippen LogP contribution in [0.1, 0.15) is 102 Å². The smallest absolute Gasteiger partial charge is 0.403 e. The third-order valence-electron chi connectivity index (χ3n) is 6.23. The summed E-state index contributed by atoms with van der Waals surface area (Å²) in [5.41, 5.74) is 0.547. The van der Waals surface area contributed by atoms with Gasteiger partial charge in [-0.1, -0.05) is 89.0 Å². The van der Waals surface area contributed by atoms with Crippen molar-refractivity contribution in [2.24, 2.45) is 0 Å². The van der Waals surface area contributed by atoms with Crippen LogP contribution in [0.5, 0.6) is 5.75 Å². The van der Waals surface area contributed by atoms with Crippen LogP contribution in [-0.2, 0) is 11.2 Å². The Labute approximate surface area is 209 Å². The van der Waals surface area contributed by atoms with E-state index < -0.39 is 24.2 Å². The fraction of sp³-hybridized carbons (Fsp3) is 0.679. The third kappa shape index (κ3) is 15.6. The number of aromatic hydroxyl groups is 1.